The van der Waals surface area contributed by atoms with Gasteiger partial charge in [0.25, 0.3) is 0 Å². The summed E-state index contributed by atoms with van der Waals surface area (Å²) >= 11 is 0. The van der Waals surface area contributed by atoms with Crippen LogP contribution in [0.5, 0.6) is 0 Å². The van der Waals surface area contributed by atoms with Crippen LogP contribution in [-0.2, 0) is 35.2 Å². The molecular weight excluding hydrogens is 612 g/mol. The van der Waals surface area contributed by atoms with Crippen molar-refractivity contribution < 1.29 is 39.0 Å². The molecule has 5 atom stereocenters. The van der Waals surface area contributed by atoms with Crippen LogP contribution < -0.4 is 38.9 Å². The van der Waals surface area contributed by atoms with E-state index in [1.165, 1.54) is 0 Å². The minimum absolute atomic E-state index is 0.00949. The third-order valence-electron chi connectivity index (χ3n) is 7.43. The fourth-order valence-electron chi connectivity index (χ4n) is 4.70. The Bertz CT molecular complexity index is 1220. The highest BCUT2D eigenvalue weighted by Gasteiger charge is 2.34. The molecule has 1 aromatic rings. The number of nitrogens with one attached hydrogen (secondary N) is 3. The molecule has 0 radical (unpaired) electrons. The summed E-state index contributed by atoms with van der Waals surface area (Å²) in [7, 11) is 0. The van der Waals surface area contributed by atoms with Crippen molar-refractivity contribution in [1.82, 2.24) is 16.0 Å². The van der Waals surface area contributed by atoms with Crippen LogP contribution in [0.4, 0.5) is 0 Å². The number of unbranched alkanes of at least 4 members (excludes halogenated alkanes) is 1. The van der Waals surface area contributed by atoms with Crippen LogP contribution in [-0.4, -0.2) is 88.9 Å². The molecule has 0 aliphatic rings. The van der Waals surface area contributed by atoms with Gasteiger partial charge in [0.05, 0.1) is 18.5 Å². The number of aliphatic carboxylic acids is 2. The number of guanidine groups is 1. The maximum Gasteiger partial charge on any atom is 0.326 e. The second-order valence-electron chi connectivity index (χ2n) is 11.7. The number of hydrogen-bond donors (Lipinski definition) is 9. The molecule has 47 heavy (non-hydrogen) atoms. The predicted octanol–water partition coefficient (Wildman–Crippen LogP) is -1.02. The highest BCUT2D eigenvalue weighted by Crippen LogP contribution is 2.19. The molecule has 0 saturated carbocycles. The molecule has 1 aromatic carbocycles. The topological polar surface area (TPSA) is 295 Å². The van der Waals surface area contributed by atoms with Crippen LogP contribution in [0.1, 0.15) is 64.4 Å². The zero-order valence-corrected chi connectivity index (χ0v) is 27.0. The van der Waals surface area contributed by atoms with Gasteiger partial charge < -0.3 is 49.1 Å². The van der Waals surface area contributed by atoms with E-state index in [1.807, 2.05) is 0 Å². The highest BCUT2D eigenvalue weighted by molar-refractivity contribution is 5.97. The van der Waals surface area contributed by atoms with Gasteiger partial charge in [-0.15, -0.1) is 0 Å². The molecular formula is C31H50N8O8. The van der Waals surface area contributed by atoms with E-state index in [0.29, 0.717) is 31.4 Å². The molecule has 16 heteroatoms. The Labute approximate surface area is 274 Å². The van der Waals surface area contributed by atoms with Gasteiger partial charge in [-0.3, -0.25) is 29.0 Å². The molecule has 0 spiro atoms. The Morgan fingerprint density at radius 3 is 1.96 bits per heavy atom. The molecule has 262 valence electrons. The number of ketones is 1. The van der Waals surface area contributed by atoms with Gasteiger partial charge in [0.1, 0.15) is 12.1 Å². The number of carbonyl (C=O) groups is 6. The molecule has 0 fully saturated rings. The van der Waals surface area contributed by atoms with E-state index in [-0.39, 0.29) is 31.8 Å². The minimum atomic E-state index is -1.53. The molecule has 0 saturated heterocycles. The monoisotopic (exact) mass is 662 g/mol. The van der Waals surface area contributed by atoms with E-state index < -0.39 is 84.3 Å². The molecule has 3 amide bonds. The van der Waals surface area contributed by atoms with Gasteiger partial charge in [0.15, 0.2) is 11.7 Å². The molecule has 0 aromatic heterocycles. The Morgan fingerprint density at radius 1 is 0.787 bits per heavy atom. The molecule has 0 bridgehead atoms. The average molecular weight is 663 g/mol. The number of carbonyl (C=O) groups excluding carboxylic acids is 4. The lowest BCUT2D eigenvalue weighted by Gasteiger charge is -2.26. The number of carboxylic acids is 2. The van der Waals surface area contributed by atoms with Crippen molar-refractivity contribution in [2.45, 2.75) is 89.4 Å². The van der Waals surface area contributed by atoms with Gasteiger partial charge in [0, 0.05) is 25.3 Å². The van der Waals surface area contributed by atoms with Gasteiger partial charge in [-0.05, 0) is 50.1 Å². The van der Waals surface area contributed by atoms with Crippen LogP contribution in [0.25, 0.3) is 0 Å². The normalized spacial score (nSPS) is 14.1. The van der Waals surface area contributed by atoms with E-state index in [9.17, 15) is 39.0 Å². The Kier molecular flexibility index (Phi) is 18.3. The summed E-state index contributed by atoms with van der Waals surface area (Å²) in [6, 6.07) is 3.74. The van der Waals surface area contributed by atoms with E-state index in [0.717, 1.165) is 0 Å². The molecule has 13 N–H and O–H groups in total. The van der Waals surface area contributed by atoms with Crippen LogP contribution in [0.2, 0.25) is 0 Å². The Balaban J connectivity index is 3.06. The maximum absolute atomic E-state index is 13.4. The van der Waals surface area contributed by atoms with Gasteiger partial charge >= 0.3 is 11.9 Å². The second kappa shape index (κ2) is 21.3. The minimum Gasteiger partial charge on any atom is -0.481 e. The summed E-state index contributed by atoms with van der Waals surface area (Å²) in [5.41, 5.74) is 22.8. The Hall–Kier alpha value is -4.57. The highest BCUT2D eigenvalue weighted by atomic mass is 16.4. The summed E-state index contributed by atoms with van der Waals surface area (Å²) in [5, 5.41) is 26.7. The summed E-state index contributed by atoms with van der Waals surface area (Å²) in [6.07, 6.45) is 0.487. The number of hydrogen-bond acceptors (Lipinski definition) is 9. The number of carboxylic acid groups (broad SMARTS) is 2. The molecule has 16 nitrogen and oxygen atoms in total. The SMILES string of the molecule is CC(C)[C@@H](CC(=O)[C@H](CC(=O)O)NC(=O)[C@H](CCCCN)NC(=O)[C@@H](N)CCCN=C(N)N)C(=O)N[C@@H](Cc1ccccc1)C(=O)O. The summed E-state index contributed by atoms with van der Waals surface area (Å²) < 4.78 is 0. The quantitative estimate of drug-likeness (QED) is 0.0387. The van der Waals surface area contributed by atoms with E-state index in [4.69, 9.17) is 22.9 Å². The molecule has 0 aliphatic heterocycles. The van der Waals surface area contributed by atoms with Crippen LogP contribution >= 0.6 is 0 Å². The average Bonchev–Trinajstić information content (AvgIpc) is 3.00. The molecule has 0 unspecified atom stereocenters. The first-order valence-electron chi connectivity index (χ1n) is 15.6. The van der Waals surface area contributed by atoms with Crippen molar-refractivity contribution in [3.8, 4) is 0 Å². The summed E-state index contributed by atoms with van der Waals surface area (Å²) in [5.74, 6) is -7.08. The third-order valence-corrected chi connectivity index (χ3v) is 7.43. The molecule has 0 heterocycles. The fourth-order valence-corrected chi connectivity index (χ4v) is 4.70. The van der Waals surface area contributed by atoms with Crippen molar-refractivity contribution in [3.63, 3.8) is 0 Å². The van der Waals surface area contributed by atoms with Gasteiger partial charge in [0.2, 0.25) is 17.7 Å². The standard InChI is InChI=1S/C31H50N8O8/c1-18(2)20(27(43)39-24(30(46)47)15-19-9-4-3-5-10-19)16-25(40)23(17-26(41)42)38-29(45)22(12-6-7-13-32)37-28(44)21(33)11-8-14-36-31(34)35/h3-5,9-10,18,20-24H,6-8,11-17,32-33H2,1-2H3,(H,37,44)(H,38,45)(H,39,43)(H,41,42)(H,46,47)(H4,34,35,36)/t20-,21+,22+,23+,24+/m1/s1. The number of benzene rings is 1. The Morgan fingerprint density at radius 2 is 1.40 bits per heavy atom. The van der Waals surface area contributed by atoms with Crippen LogP contribution in [0, 0.1) is 11.8 Å². The number of aliphatic imine (C=N–C) groups is 1. The fraction of sp³-hybridized carbons (Fsp3) is 0.581. The first kappa shape index (κ1) is 40.5. The third kappa shape index (κ3) is 16.0. The zero-order chi connectivity index (χ0) is 35.5. The second-order valence-corrected chi connectivity index (χ2v) is 11.7. The number of Topliss-reactive ketones (excluding diaryl/α,β-unsaturated/α-hetero) is 1. The first-order chi connectivity index (χ1) is 22.2. The zero-order valence-electron chi connectivity index (χ0n) is 27.0. The van der Waals surface area contributed by atoms with Crippen molar-refractivity contribution >= 4 is 41.4 Å². The number of nitrogens with two attached hydrogens (primary N) is 4. The van der Waals surface area contributed by atoms with Crippen molar-refractivity contribution in [3.05, 3.63) is 35.9 Å². The number of nitrogens with zero attached hydrogens (tertiary/aromatic N) is 1. The van der Waals surface area contributed by atoms with E-state index >= 15 is 0 Å². The number of amides is 3. The van der Waals surface area contributed by atoms with Gasteiger partial charge in [-0.1, -0.05) is 44.2 Å². The van der Waals surface area contributed by atoms with Crippen molar-refractivity contribution in [2.75, 3.05) is 13.1 Å². The smallest absolute Gasteiger partial charge is 0.326 e. The summed E-state index contributed by atoms with van der Waals surface area (Å²) in [4.78, 5) is 80.2. The molecule has 1 rings (SSSR count). The van der Waals surface area contributed by atoms with E-state index in [2.05, 4.69) is 20.9 Å². The van der Waals surface area contributed by atoms with Gasteiger partial charge in [-0.2, -0.15) is 0 Å². The van der Waals surface area contributed by atoms with Crippen LogP contribution in [0.15, 0.2) is 35.3 Å². The summed E-state index contributed by atoms with van der Waals surface area (Å²) in [6.45, 7) is 3.92. The van der Waals surface area contributed by atoms with E-state index in [1.54, 1.807) is 44.2 Å². The maximum atomic E-state index is 13.4. The van der Waals surface area contributed by atoms with Gasteiger partial charge in [-0.25, -0.2) is 4.79 Å². The number of rotatable bonds is 23. The van der Waals surface area contributed by atoms with Crippen molar-refractivity contribution in [1.29, 1.82) is 0 Å². The first-order valence-corrected chi connectivity index (χ1v) is 15.6. The lowest BCUT2D eigenvalue weighted by atomic mass is 9.87. The largest absolute Gasteiger partial charge is 0.481 e. The van der Waals surface area contributed by atoms with Crippen molar-refractivity contribution in [2.24, 2.45) is 39.8 Å². The predicted molar refractivity (Wildman–Crippen MR) is 175 cm³/mol. The lowest BCUT2D eigenvalue weighted by molar-refractivity contribution is -0.144. The molecule has 0 aliphatic carbocycles. The van der Waals surface area contributed by atoms with Crippen LogP contribution in [0.3, 0.4) is 0 Å². The lowest BCUT2D eigenvalue weighted by Crippen LogP contribution is -2.55.